The number of halogens is 2. The van der Waals surface area contributed by atoms with Crippen LogP contribution in [0.3, 0.4) is 0 Å². The summed E-state index contributed by atoms with van der Waals surface area (Å²) in [4.78, 5) is 18.0. The zero-order valence-corrected chi connectivity index (χ0v) is 12.5. The molecule has 4 nitrogen and oxygen atoms in total. The summed E-state index contributed by atoms with van der Waals surface area (Å²) in [7, 11) is 0. The molecule has 0 radical (unpaired) electrons. The number of aromatic amines is 1. The van der Waals surface area contributed by atoms with Crippen LogP contribution in [0.4, 0.5) is 10.2 Å². The van der Waals surface area contributed by atoms with Crippen molar-refractivity contribution in [3.63, 3.8) is 0 Å². The fraction of sp³-hybridized carbons (Fsp3) is 0.231. The average Bonchev–Trinajstić information content (AvgIpc) is 2.37. The molecular weight excluding hydrogens is 360 g/mol. The highest BCUT2D eigenvalue weighted by molar-refractivity contribution is 14.1. The minimum Gasteiger partial charge on any atom is -0.369 e. The van der Waals surface area contributed by atoms with Crippen LogP contribution in [0, 0.1) is 16.3 Å². The number of aromatic nitrogens is 2. The normalized spacial score (nSPS) is 10.5. The van der Waals surface area contributed by atoms with E-state index < -0.39 is 0 Å². The maximum atomic E-state index is 13.0. The fourth-order valence-electron chi connectivity index (χ4n) is 1.76. The minimum absolute atomic E-state index is 0.156. The molecule has 0 saturated heterocycles. The Morgan fingerprint density at radius 3 is 3.00 bits per heavy atom. The highest BCUT2D eigenvalue weighted by Gasteiger charge is 2.05. The Morgan fingerprint density at radius 2 is 2.26 bits per heavy atom. The third-order valence-electron chi connectivity index (χ3n) is 2.79. The smallest absolute Gasteiger partial charge is 0.266 e. The molecule has 2 aromatic rings. The summed E-state index contributed by atoms with van der Waals surface area (Å²) in [6.45, 7) is 2.52. The lowest BCUT2D eigenvalue weighted by Crippen LogP contribution is -2.16. The van der Waals surface area contributed by atoms with Gasteiger partial charge in [0.15, 0.2) is 0 Å². The number of H-pyrrole nitrogens is 1. The predicted molar refractivity (Wildman–Crippen MR) is 80.9 cm³/mol. The maximum Gasteiger partial charge on any atom is 0.266 e. The van der Waals surface area contributed by atoms with E-state index in [9.17, 15) is 9.18 Å². The molecule has 1 aromatic heterocycles. The van der Waals surface area contributed by atoms with E-state index in [-0.39, 0.29) is 11.4 Å². The number of nitrogens with one attached hydrogen (secondary N) is 2. The molecule has 0 aliphatic carbocycles. The lowest BCUT2D eigenvalue weighted by atomic mass is 10.1. The first-order chi connectivity index (χ1) is 9.08. The number of hydrogen-bond donors (Lipinski definition) is 2. The Morgan fingerprint density at radius 1 is 1.47 bits per heavy atom. The monoisotopic (exact) mass is 373 g/mol. The molecule has 2 rings (SSSR count). The van der Waals surface area contributed by atoms with Crippen molar-refractivity contribution in [3.8, 4) is 0 Å². The standard InChI is InChI=1S/C13H13FIN3O/c1-8-6-10(14)3-2-9(8)4-5-16-12-11(15)13(19)18-7-17-12/h2-3,6-7H,4-5H2,1H3,(H2,16,17,18,19). The number of rotatable bonds is 4. The molecule has 2 N–H and O–H groups in total. The van der Waals surface area contributed by atoms with Gasteiger partial charge in [-0.3, -0.25) is 4.79 Å². The third-order valence-corrected chi connectivity index (χ3v) is 3.79. The van der Waals surface area contributed by atoms with Crippen LogP contribution in [0.25, 0.3) is 0 Å². The summed E-state index contributed by atoms with van der Waals surface area (Å²) in [5, 5.41) is 3.11. The van der Waals surface area contributed by atoms with Crippen molar-refractivity contribution < 1.29 is 4.39 Å². The van der Waals surface area contributed by atoms with Gasteiger partial charge in [-0.25, -0.2) is 9.37 Å². The van der Waals surface area contributed by atoms with E-state index in [4.69, 9.17) is 0 Å². The quantitative estimate of drug-likeness (QED) is 0.810. The molecule has 0 spiro atoms. The molecule has 0 unspecified atom stereocenters. The van der Waals surface area contributed by atoms with Crippen LogP contribution in [0.5, 0.6) is 0 Å². The summed E-state index contributed by atoms with van der Waals surface area (Å²) >= 11 is 1.95. The highest BCUT2D eigenvalue weighted by atomic mass is 127. The Labute approximate surface area is 123 Å². The molecule has 0 fully saturated rings. The molecule has 0 aliphatic heterocycles. The number of anilines is 1. The number of benzene rings is 1. The Hall–Kier alpha value is -1.44. The lowest BCUT2D eigenvalue weighted by molar-refractivity contribution is 0.625. The van der Waals surface area contributed by atoms with Gasteiger partial charge in [0.05, 0.1) is 6.33 Å². The molecule has 1 heterocycles. The minimum atomic E-state index is -0.222. The van der Waals surface area contributed by atoms with Crippen LogP contribution in [-0.4, -0.2) is 16.5 Å². The van der Waals surface area contributed by atoms with E-state index in [1.807, 2.05) is 29.5 Å². The first-order valence-electron chi connectivity index (χ1n) is 5.80. The van der Waals surface area contributed by atoms with Gasteiger partial charge in [-0.1, -0.05) is 6.07 Å². The SMILES string of the molecule is Cc1cc(F)ccc1CCNc1nc[nH]c(=O)c1I. The van der Waals surface area contributed by atoms with Crippen LogP contribution < -0.4 is 10.9 Å². The van der Waals surface area contributed by atoms with Gasteiger partial charge < -0.3 is 10.3 Å². The van der Waals surface area contributed by atoms with Gasteiger partial charge in [0.25, 0.3) is 5.56 Å². The molecule has 1 aromatic carbocycles. The van der Waals surface area contributed by atoms with Crippen LogP contribution in [0.2, 0.25) is 0 Å². The van der Waals surface area contributed by atoms with E-state index in [1.165, 1.54) is 18.5 Å². The van der Waals surface area contributed by atoms with Gasteiger partial charge in [0.1, 0.15) is 15.2 Å². The van der Waals surface area contributed by atoms with Crippen LogP contribution >= 0.6 is 22.6 Å². The van der Waals surface area contributed by atoms with Gasteiger partial charge in [-0.05, 0) is 59.2 Å². The van der Waals surface area contributed by atoms with Crippen molar-refractivity contribution in [3.05, 3.63) is 55.4 Å². The second kappa shape index (κ2) is 6.14. The second-order valence-electron chi connectivity index (χ2n) is 4.14. The molecule has 0 saturated carbocycles. The summed E-state index contributed by atoms with van der Waals surface area (Å²) in [6, 6.07) is 4.75. The Kier molecular flexibility index (Phi) is 4.52. The molecule has 0 aliphatic rings. The molecular formula is C13H13FIN3O. The van der Waals surface area contributed by atoms with Gasteiger partial charge in [0.2, 0.25) is 0 Å². The number of aryl methyl sites for hydroxylation is 1. The number of hydrogen-bond acceptors (Lipinski definition) is 3. The lowest BCUT2D eigenvalue weighted by Gasteiger charge is -2.08. The average molecular weight is 373 g/mol. The first-order valence-corrected chi connectivity index (χ1v) is 6.88. The van der Waals surface area contributed by atoms with Crippen molar-refractivity contribution in [2.45, 2.75) is 13.3 Å². The van der Waals surface area contributed by atoms with E-state index >= 15 is 0 Å². The Bertz CT molecular complexity index is 642. The topological polar surface area (TPSA) is 57.8 Å². The van der Waals surface area contributed by atoms with Crippen LogP contribution in [0.15, 0.2) is 29.3 Å². The van der Waals surface area contributed by atoms with E-state index in [1.54, 1.807) is 6.07 Å². The molecule has 19 heavy (non-hydrogen) atoms. The fourth-order valence-corrected chi connectivity index (χ4v) is 2.25. The van der Waals surface area contributed by atoms with Crippen molar-refractivity contribution >= 4 is 28.4 Å². The summed E-state index contributed by atoms with van der Waals surface area (Å²) in [5.74, 6) is 0.351. The van der Waals surface area contributed by atoms with Crippen molar-refractivity contribution in [2.75, 3.05) is 11.9 Å². The predicted octanol–water partition coefficient (Wildman–Crippen LogP) is 2.48. The molecule has 100 valence electrons. The van der Waals surface area contributed by atoms with Crippen LogP contribution in [0.1, 0.15) is 11.1 Å². The largest absolute Gasteiger partial charge is 0.369 e. The van der Waals surface area contributed by atoms with E-state index in [0.29, 0.717) is 15.9 Å². The highest BCUT2D eigenvalue weighted by Crippen LogP contribution is 2.12. The summed E-state index contributed by atoms with van der Waals surface area (Å²) < 4.78 is 13.5. The first kappa shape index (κ1) is 14.0. The van der Waals surface area contributed by atoms with Crippen LogP contribution in [-0.2, 0) is 6.42 Å². The molecule has 0 bridgehead atoms. The van der Waals surface area contributed by atoms with E-state index in [2.05, 4.69) is 15.3 Å². The molecule has 0 atom stereocenters. The van der Waals surface area contributed by atoms with Gasteiger partial charge in [-0.2, -0.15) is 0 Å². The van der Waals surface area contributed by atoms with Gasteiger partial charge in [-0.15, -0.1) is 0 Å². The van der Waals surface area contributed by atoms with Crippen molar-refractivity contribution in [1.82, 2.24) is 9.97 Å². The zero-order valence-electron chi connectivity index (χ0n) is 10.3. The van der Waals surface area contributed by atoms with Crippen molar-refractivity contribution in [2.24, 2.45) is 0 Å². The molecule has 0 amide bonds. The second-order valence-corrected chi connectivity index (χ2v) is 5.22. The summed E-state index contributed by atoms with van der Waals surface area (Å²) in [6.07, 6.45) is 2.12. The Balaban J connectivity index is 2.00. The summed E-state index contributed by atoms with van der Waals surface area (Å²) in [5.41, 5.74) is 1.85. The van der Waals surface area contributed by atoms with Crippen molar-refractivity contribution in [1.29, 1.82) is 0 Å². The van der Waals surface area contributed by atoms with Gasteiger partial charge >= 0.3 is 0 Å². The third kappa shape index (κ3) is 3.52. The maximum absolute atomic E-state index is 13.0. The zero-order chi connectivity index (χ0) is 13.8. The van der Waals surface area contributed by atoms with E-state index in [0.717, 1.165) is 17.5 Å². The number of nitrogens with zero attached hydrogens (tertiary/aromatic N) is 1. The molecule has 6 heteroatoms. The van der Waals surface area contributed by atoms with Gasteiger partial charge in [0, 0.05) is 6.54 Å².